The number of guanidine groups is 1. The molecule has 148 valence electrons. The van der Waals surface area contributed by atoms with Crippen LogP contribution >= 0.6 is 11.3 Å². The summed E-state index contributed by atoms with van der Waals surface area (Å²) in [6, 6.07) is 7.02. The maximum atomic E-state index is 12.4. The van der Waals surface area contributed by atoms with E-state index in [0.717, 1.165) is 15.6 Å². The van der Waals surface area contributed by atoms with Gasteiger partial charge in [-0.25, -0.2) is 17.7 Å². The van der Waals surface area contributed by atoms with Crippen LogP contribution in [0.2, 0.25) is 0 Å². The van der Waals surface area contributed by atoms with Gasteiger partial charge in [-0.15, -0.1) is 30.9 Å². The van der Waals surface area contributed by atoms with E-state index in [2.05, 4.69) is 15.6 Å². The van der Waals surface area contributed by atoms with E-state index in [9.17, 15) is 21.6 Å². The first-order valence-corrected chi connectivity index (χ1v) is 10.2. The van der Waals surface area contributed by atoms with Gasteiger partial charge >= 0.3 is 6.36 Å². The van der Waals surface area contributed by atoms with Gasteiger partial charge in [-0.2, -0.15) is 0 Å². The summed E-state index contributed by atoms with van der Waals surface area (Å²) < 4.78 is 66.8. The van der Waals surface area contributed by atoms with E-state index >= 15 is 0 Å². The van der Waals surface area contributed by atoms with Crippen molar-refractivity contribution >= 4 is 27.3 Å². The van der Waals surface area contributed by atoms with Crippen molar-refractivity contribution in [2.24, 2.45) is 10.7 Å². The summed E-state index contributed by atoms with van der Waals surface area (Å²) in [6.07, 6.45) is 0.802. The van der Waals surface area contributed by atoms with Crippen LogP contribution < -0.4 is 10.5 Å². The van der Waals surface area contributed by atoms with E-state index < -0.39 is 27.7 Å². The molecule has 1 unspecified atom stereocenters. The molecule has 6 nitrogen and oxygen atoms in total. The standard InChI is InChI=1S/C17H14F3N3O3S2/c1-3-16(10-28(24,25)23(2)15(21)22-16)14-8-12(9-27-14)11-5-4-6-13(7-11)26-17(18,19)20/h1,4-9H,10H2,2H3,(H2,21,22). The van der Waals surface area contributed by atoms with Crippen molar-refractivity contribution in [1.82, 2.24) is 4.31 Å². The SMILES string of the molecule is C#CC1(c2cc(-c3cccc(OC(F)(F)F)c3)cs2)CS(=O)(=O)N(C)C(N)=N1. The van der Waals surface area contributed by atoms with Gasteiger partial charge in [-0.3, -0.25) is 0 Å². The second kappa shape index (κ2) is 6.72. The Labute approximate surface area is 163 Å². The van der Waals surface area contributed by atoms with Crippen molar-refractivity contribution in [3.63, 3.8) is 0 Å². The summed E-state index contributed by atoms with van der Waals surface area (Å²) in [5.41, 5.74) is 5.22. The molecule has 1 aromatic carbocycles. The van der Waals surface area contributed by atoms with Crippen LogP contribution in [0.5, 0.6) is 5.75 Å². The number of aliphatic imine (C=N–C) groups is 1. The third-order valence-electron chi connectivity index (χ3n) is 4.08. The van der Waals surface area contributed by atoms with Crippen LogP contribution in [0.4, 0.5) is 13.2 Å². The molecule has 0 saturated heterocycles. The maximum absolute atomic E-state index is 12.4. The van der Waals surface area contributed by atoms with Crippen LogP contribution in [0, 0.1) is 12.3 Å². The average molecular weight is 429 g/mol. The lowest BCUT2D eigenvalue weighted by Crippen LogP contribution is -2.50. The summed E-state index contributed by atoms with van der Waals surface area (Å²) in [5, 5.41) is 1.65. The highest BCUT2D eigenvalue weighted by Crippen LogP contribution is 2.38. The number of nitrogens with two attached hydrogens (primary N) is 1. The summed E-state index contributed by atoms with van der Waals surface area (Å²) in [4.78, 5) is 4.63. The van der Waals surface area contributed by atoms with Gasteiger partial charge in [0.2, 0.25) is 16.0 Å². The minimum absolute atomic E-state index is 0.236. The number of nitrogens with zero attached hydrogens (tertiary/aromatic N) is 2. The number of rotatable bonds is 3. The van der Waals surface area contributed by atoms with Crippen molar-refractivity contribution in [3.05, 3.63) is 40.6 Å². The Balaban J connectivity index is 2.01. The smallest absolute Gasteiger partial charge is 0.406 e. The Morgan fingerprint density at radius 1 is 1.36 bits per heavy atom. The molecule has 3 rings (SSSR count). The molecule has 1 aliphatic heterocycles. The molecule has 1 aromatic heterocycles. The second-order valence-electron chi connectivity index (χ2n) is 5.97. The minimum Gasteiger partial charge on any atom is -0.406 e. The first-order valence-electron chi connectivity index (χ1n) is 7.71. The zero-order valence-corrected chi connectivity index (χ0v) is 16.0. The van der Waals surface area contributed by atoms with E-state index in [4.69, 9.17) is 12.2 Å². The fourth-order valence-electron chi connectivity index (χ4n) is 2.65. The number of terminal acetylenes is 1. The molecule has 0 bridgehead atoms. The Kier molecular flexibility index (Phi) is 4.81. The number of hydrogen-bond donors (Lipinski definition) is 1. The van der Waals surface area contributed by atoms with E-state index in [1.54, 1.807) is 17.5 Å². The normalized spacial score (nSPS) is 21.7. The van der Waals surface area contributed by atoms with Crippen molar-refractivity contribution < 1.29 is 26.3 Å². The Morgan fingerprint density at radius 3 is 2.68 bits per heavy atom. The summed E-state index contributed by atoms with van der Waals surface area (Å²) >= 11 is 1.15. The largest absolute Gasteiger partial charge is 0.573 e. The number of thiophene rings is 1. The quantitative estimate of drug-likeness (QED) is 0.761. The van der Waals surface area contributed by atoms with Gasteiger partial charge in [0.05, 0.1) is 0 Å². The van der Waals surface area contributed by atoms with Gasteiger partial charge in [0.15, 0.2) is 5.54 Å². The van der Waals surface area contributed by atoms with Crippen LogP contribution in [-0.2, 0) is 15.6 Å². The molecular weight excluding hydrogens is 415 g/mol. The highest BCUT2D eigenvalue weighted by molar-refractivity contribution is 7.89. The Morgan fingerprint density at radius 2 is 2.07 bits per heavy atom. The van der Waals surface area contributed by atoms with Crippen molar-refractivity contribution in [2.75, 3.05) is 12.8 Å². The van der Waals surface area contributed by atoms with Gasteiger partial charge in [0.1, 0.15) is 11.5 Å². The molecule has 0 aliphatic carbocycles. The Bertz CT molecular complexity index is 1090. The molecular formula is C17H14F3N3O3S2. The molecule has 0 fully saturated rings. The number of alkyl halides is 3. The van der Waals surface area contributed by atoms with Gasteiger partial charge in [0.25, 0.3) is 0 Å². The van der Waals surface area contributed by atoms with Gasteiger partial charge < -0.3 is 10.5 Å². The van der Waals surface area contributed by atoms with E-state index in [0.29, 0.717) is 16.0 Å². The molecule has 1 atom stereocenters. The van der Waals surface area contributed by atoms with Crippen LogP contribution in [0.25, 0.3) is 11.1 Å². The number of sulfonamides is 1. The lowest BCUT2D eigenvalue weighted by molar-refractivity contribution is -0.274. The molecule has 11 heteroatoms. The van der Waals surface area contributed by atoms with Crippen molar-refractivity contribution in [1.29, 1.82) is 0 Å². The van der Waals surface area contributed by atoms with E-state index in [-0.39, 0.29) is 11.7 Å². The topological polar surface area (TPSA) is 85.0 Å². The van der Waals surface area contributed by atoms with Crippen LogP contribution in [0.3, 0.4) is 0 Å². The molecule has 0 radical (unpaired) electrons. The molecule has 2 N–H and O–H groups in total. The van der Waals surface area contributed by atoms with Crippen molar-refractivity contribution in [2.45, 2.75) is 11.9 Å². The average Bonchev–Trinajstić information content (AvgIpc) is 3.08. The highest BCUT2D eigenvalue weighted by atomic mass is 32.2. The van der Waals surface area contributed by atoms with Gasteiger partial charge in [-0.1, -0.05) is 18.1 Å². The van der Waals surface area contributed by atoms with Crippen molar-refractivity contribution in [3.8, 4) is 29.2 Å². The summed E-state index contributed by atoms with van der Waals surface area (Å²) in [5.74, 6) is 1.34. The molecule has 2 aromatic rings. The first-order chi connectivity index (χ1) is 13.0. The molecule has 1 aliphatic rings. The lowest BCUT2D eigenvalue weighted by Gasteiger charge is -2.32. The third-order valence-corrected chi connectivity index (χ3v) is 6.97. The zero-order valence-electron chi connectivity index (χ0n) is 14.4. The fraction of sp³-hybridized carbons (Fsp3) is 0.235. The van der Waals surface area contributed by atoms with Crippen LogP contribution in [-0.4, -0.2) is 37.8 Å². The fourth-order valence-corrected chi connectivity index (χ4v) is 5.12. The molecule has 0 saturated carbocycles. The van der Waals surface area contributed by atoms with Crippen LogP contribution in [0.1, 0.15) is 4.88 Å². The van der Waals surface area contributed by atoms with E-state index in [1.165, 1.54) is 25.2 Å². The van der Waals surface area contributed by atoms with E-state index in [1.807, 2.05) is 0 Å². The lowest BCUT2D eigenvalue weighted by atomic mass is 9.99. The van der Waals surface area contributed by atoms with Gasteiger partial charge in [0, 0.05) is 11.9 Å². The third kappa shape index (κ3) is 3.79. The molecule has 2 heterocycles. The number of hydrogen-bond acceptors (Lipinski definition) is 6. The molecule has 0 amide bonds. The van der Waals surface area contributed by atoms with Gasteiger partial charge in [-0.05, 0) is 34.7 Å². The maximum Gasteiger partial charge on any atom is 0.573 e. The number of benzene rings is 1. The predicted octanol–water partition coefficient (Wildman–Crippen LogP) is 2.73. The number of ether oxygens (including phenoxy) is 1. The molecule has 0 spiro atoms. The van der Waals surface area contributed by atoms with Crippen LogP contribution in [0.15, 0.2) is 40.7 Å². The summed E-state index contributed by atoms with van der Waals surface area (Å²) in [6.45, 7) is 0. The first kappa shape index (κ1) is 20.0. The number of halogens is 3. The Hall–Kier alpha value is -2.71. The predicted molar refractivity (Wildman–Crippen MR) is 100 cm³/mol. The second-order valence-corrected chi connectivity index (χ2v) is 8.89. The minimum atomic E-state index is -4.80. The zero-order chi connectivity index (χ0) is 20.7. The summed E-state index contributed by atoms with van der Waals surface area (Å²) in [7, 11) is -2.49. The molecule has 28 heavy (non-hydrogen) atoms. The monoisotopic (exact) mass is 429 g/mol. The highest BCUT2D eigenvalue weighted by Gasteiger charge is 2.43.